The number of urea groups is 1. The first-order valence-corrected chi connectivity index (χ1v) is 4.72. The summed E-state index contributed by atoms with van der Waals surface area (Å²) in [6.07, 6.45) is 1.68. The molecule has 0 aliphatic rings. The number of carboxylic acid groups (broad SMARTS) is 1. The van der Waals surface area contributed by atoms with Gasteiger partial charge in [-0.2, -0.15) is 5.26 Å². The van der Waals surface area contributed by atoms with Crippen LogP contribution >= 0.6 is 0 Å². The second-order valence-electron chi connectivity index (χ2n) is 3.18. The molecule has 0 rings (SSSR count). The summed E-state index contributed by atoms with van der Waals surface area (Å²) in [5.41, 5.74) is 0. The highest BCUT2D eigenvalue weighted by Gasteiger charge is 2.18. The topological polar surface area (TPSA) is 84.6 Å². The molecule has 0 fully saturated rings. The molecule has 0 heterocycles. The third-order valence-corrected chi connectivity index (χ3v) is 1.83. The van der Waals surface area contributed by atoms with Crippen molar-refractivity contribution in [1.29, 1.82) is 5.26 Å². The van der Waals surface area contributed by atoms with Gasteiger partial charge in [0, 0.05) is 20.1 Å². The van der Waals surface area contributed by atoms with E-state index in [4.69, 9.17) is 10.4 Å². The Morgan fingerprint density at radius 1 is 1.56 bits per heavy atom. The molecular formula is C10H15N3O3. The lowest BCUT2D eigenvalue weighted by molar-refractivity contribution is -0.137. The number of nitriles is 1. The number of hydrogen-bond donors (Lipinski definition) is 1. The Labute approximate surface area is 94.4 Å². The number of carbonyl (C=O) groups is 2. The number of rotatable bonds is 6. The zero-order valence-corrected chi connectivity index (χ0v) is 9.22. The second-order valence-corrected chi connectivity index (χ2v) is 3.18. The molecule has 0 aromatic carbocycles. The molecule has 0 atom stereocenters. The largest absolute Gasteiger partial charge is 0.480 e. The van der Waals surface area contributed by atoms with E-state index in [0.29, 0.717) is 0 Å². The summed E-state index contributed by atoms with van der Waals surface area (Å²) in [4.78, 5) is 24.7. The SMILES string of the molecule is C=CCN(CC(=O)O)C(=O)N(C)CCC#N. The minimum atomic E-state index is -1.08. The third kappa shape index (κ3) is 5.00. The Morgan fingerprint density at radius 3 is 2.62 bits per heavy atom. The summed E-state index contributed by atoms with van der Waals surface area (Å²) >= 11 is 0. The van der Waals surface area contributed by atoms with Gasteiger partial charge in [0.1, 0.15) is 6.54 Å². The Morgan fingerprint density at radius 2 is 2.19 bits per heavy atom. The summed E-state index contributed by atoms with van der Waals surface area (Å²) in [6.45, 7) is 3.53. The lowest BCUT2D eigenvalue weighted by Gasteiger charge is -2.25. The number of hydrogen-bond acceptors (Lipinski definition) is 3. The fourth-order valence-corrected chi connectivity index (χ4v) is 1.08. The number of amides is 2. The average Bonchev–Trinajstić information content (AvgIpc) is 2.23. The molecule has 2 amide bonds. The van der Waals surface area contributed by atoms with Crippen molar-refractivity contribution < 1.29 is 14.7 Å². The first-order valence-electron chi connectivity index (χ1n) is 4.72. The van der Waals surface area contributed by atoms with Crippen LogP contribution < -0.4 is 0 Å². The smallest absolute Gasteiger partial charge is 0.323 e. The Bertz CT molecular complexity index is 309. The molecule has 1 N–H and O–H groups in total. The predicted molar refractivity (Wildman–Crippen MR) is 57.7 cm³/mol. The third-order valence-electron chi connectivity index (χ3n) is 1.83. The van der Waals surface area contributed by atoms with E-state index in [9.17, 15) is 9.59 Å². The Hall–Kier alpha value is -2.03. The van der Waals surface area contributed by atoms with Crippen LogP contribution in [0.25, 0.3) is 0 Å². The molecular weight excluding hydrogens is 210 g/mol. The minimum Gasteiger partial charge on any atom is -0.480 e. The van der Waals surface area contributed by atoms with Crippen LogP contribution in [0, 0.1) is 11.3 Å². The van der Waals surface area contributed by atoms with Crippen LogP contribution in [-0.4, -0.2) is 53.6 Å². The molecule has 88 valence electrons. The molecule has 0 aromatic heterocycles. The van der Waals surface area contributed by atoms with Gasteiger partial charge in [0.15, 0.2) is 0 Å². The quantitative estimate of drug-likeness (QED) is 0.668. The van der Waals surface area contributed by atoms with Crippen LogP contribution in [0.3, 0.4) is 0 Å². The van der Waals surface area contributed by atoms with E-state index < -0.39 is 12.0 Å². The van der Waals surface area contributed by atoms with Crippen LogP contribution in [0.2, 0.25) is 0 Å². The van der Waals surface area contributed by atoms with Gasteiger partial charge < -0.3 is 14.9 Å². The number of nitrogens with zero attached hydrogens (tertiary/aromatic N) is 3. The van der Waals surface area contributed by atoms with Crippen molar-refractivity contribution in [3.8, 4) is 6.07 Å². The molecule has 16 heavy (non-hydrogen) atoms. The van der Waals surface area contributed by atoms with Crippen LogP contribution in [0.15, 0.2) is 12.7 Å². The summed E-state index contributed by atoms with van der Waals surface area (Å²) < 4.78 is 0. The van der Waals surface area contributed by atoms with Crippen molar-refractivity contribution in [3.63, 3.8) is 0 Å². The number of aliphatic carboxylic acids is 1. The van der Waals surface area contributed by atoms with Gasteiger partial charge in [-0.25, -0.2) is 4.79 Å². The maximum absolute atomic E-state index is 11.7. The first-order chi connectivity index (χ1) is 7.52. The fraction of sp³-hybridized carbons (Fsp3) is 0.500. The number of carbonyl (C=O) groups excluding carboxylic acids is 1. The van der Waals surface area contributed by atoms with Gasteiger partial charge in [0.2, 0.25) is 0 Å². The summed E-state index contributed by atoms with van der Waals surface area (Å²) in [6, 6.07) is 1.50. The normalized spacial score (nSPS) is 9.00. The fourth-order valence-electron chi connectivity index (χ4n) is 1.08. The maximum Gasteiger partial charge on any atom is 0.323 e. The van der Waals surface area contributed by atoms with E-state index in [2.05, 4.69) is 6.58 Å². The highest BCUT2D eigenvalue weighted by atomic mass is 16.4. The maximum atomic E-state index is 11.7. The Kier molecular flexibility index (Phi) is 6.36. The zero-order chi connectivity index (χ0) is 12.6. The average molecular weight is 225 g/mol. The Balaban J connectivity index is 4.41. The minimum absolute atomic E-state index is 0.169. The molecule has 0 aliphatic carbocycles. The van der Waals surface area contributed by atoms with Crippen molar-refractivity contribution >= 4 is 12.0 Å². The standard InChI is InChI=1S/C10H15N3O3/c1-3-6-13(8-9(14)15)10(16)12(2)7-4-5-11/h3H,1,4,6-8H2,2H3,(H,14,15). The van der Waals surface area contributed by atoms with E-state index in [0.717, 1.165) is 4.90 Å². The van der Waals surface area contributed by atoms with Gasteiger partial charge in [-0.3, -0.25) is 4.79 Å². The van der Waals surface area contributed by atoms with E-state index >= 15 is 0 Å². The van der Waals surface area contributed by atoms with Crippen LogP contribution in [0.1, 0.15) is 6.42 Å². The number of carboxylic acids is 1. The summed E-state index contributed by atoms with van der Waals surface area (Å²) in [7, 11) is 1.53. The highest BCUT2D eigenvalue weighted by molar-refractivity contribution is 5.80. The van der Waals surface area contributed by atoms with Gasteiger partial charge >= 0.3 is 12.0 Å². The van der Waals surface area contributed by atoms with Gasteiger partial charge in [-0.1, -0.05) is 6.08 Å². The monoisotopic (exact) mass is 225 g/mol. The molecule has 0 aromatic rings. The van der Waals surface area contributed by atoms with Gasteiger partial charge in [-0.15, -0.1) is 6.58 Å². The molecule has 0 spiro atoms. The molecule has 0 radical (unpaired) electrons. The zero-order valence-electron chi connectivity index (χ0n) is 9.22. The molecule has 0 saturated carbocycles. The molecule has 0 aliphatic heterocycles. The van der Waals surface area contributed by atoms with Crippen molar-refractivity contribution in [1.82, 2.24) is 9.80 Å². The molecule has 0 saturated heterocycles. The van der Waals surface area contributed by atoms with Gasteiger partial charge in [0.25, 0.3) is 0 Å². The summed E-state index contributed by atoms with van der Waals surface area (Å²) in [5, 5.41) is 17.0. The van der Waals surface area contributed by atoms with E-state index in [1.165, 1.54) is 18.0 Å². The van der Waals surface area contributed by atoms with Gasteiger partial charge in [0.05, 0.1) is 12.5 Å². The molecule has 0 unspecified atom stereocenters. The van der Waals surface area contributed by atoms with E-state index in [1.54, 1.807) is 0 Å². The van der Waals surface area contributed by atoms with Gasteiger partial charge in [-0.05, 0) is 0 Å². The van der Waals surface area contributed by atoms with E-state index in [-0.39, 0.29) is 26.1 Å². The highest BCUT2D eigenvalue weighted by Crippen LogP contribution is 1.98. The summed E-state index contributed by atoms with van der Waals surface area (Å²) in [5.74, 6) is -1.08. The van der Waals surface area contributed by atoms with Crippen LogP contribution in [-0.2, 0) is 4.79 Å². The molecule has 6 nitrogen and oxygen atoms in total. The molecule has 6 heteroatoms. The molecule has 0 bridgehead atoms. The van der Waals surface area contributed by atoms with E-state index in [1.807, 2.05) is 6.07 Å². The van der Waals surface area contributed by atoms with Crippen molar-refractivity contribution in [2.75, 3.05) is 26.7 Å². The van der Waals surface area contributed by atoms with Crippen molar-refractivity contribution in [3.05, 3.63) is 12.7 Å². The lowest BCUT2D eigenvalue weighted by Crippen LogP contribution is -2.44. The van der Waals surface area contributed by atoms with Crippen LogP contribution in [0.5, 0.6) is 0 Å². The first kappa shape index (κ1) is 14.0. The van der Waals surface area contributed by atoms with Crippen LogP contribution in [0.4, 0.5) is 4.79 Å². The lowest BCUT2D eigenvalue weighted by atomic mass is 10.4. The van der Waals surface area contributed by atoms with Crippen molar-refractivity contribution in [2.24, 2.45) is 0 Å². The second kappa shape index (κ2) is 7.29. The predicted octanol–water partition coefficient (Wildman–Crippen LogP) is 0.524. The van der Waals surface area contributed by atoms with Crippen molar-refractivity contribution in [2.45, 2.75) is 6.42 Å².